The summed E-state index contributed by atoms with van der Waals surface area (Å²) in [7, 11) is -3.72. The van der Waals surface area contributed by atoms with Crippen molar-refractivity contribution >= 4 is 27.3 Å². The number of rotatable bonds is 5. The molecule has 0 bridgehead atoms. The maximum Gasteiger partial charge on any atom is 0.261 e. The number of carbonyl (C=O) groups is 1. The molecule has 1 aliphatic rings. The molecule has 1 aliphatic heterocycles. The second kappa shape index (κ2) is 9.23. The molecule has 1 fully saturated rings. The van der Waals surface area contributed by atoms with Gasteiger partial charge in [0.1, 0.15) is 5.82 Å². The van der Waals surface area contributed by atoms with Gasteiger partial charge in [-0.2, -0.15) is 0 Å². The number of nitrogens with one attached hydrogen (secondary N) is 1. The highest BCUT2D eigenvalue weighted by Gasteiger charge is 2.23. The number of piperazine rings is 1. The Balaban J connectivity index is 1.38. The number of hydrogen-bond donors (Lipinski definition) is 1. The molecule has 0 atom stereocenters. The Morgan fingerprint density at radius 2 is 1.48 bits per heavy atom. The predicted octanol–water partition coefficient (Wildman–Crippen LogP) is 4.21. The molecule has 0 aliphatic carbocycles. The quantitative estimate of drug-likeness (QED) is 0.611. The highest BCUT2D eigenvalue weighted by atomic mass is 32.2. The minimum absolute atomic E-state index is 0.0997. The summed E-state index contributed by atoms with van der Waals surface area (Å²) in [6, 6.07) is 17.8. The maximum atomic E-state index is 13.1. The molecule has 6 nitrogen and oxygen atoms in total. The van der Waals surface area contributed by atoms with E-state index in [9.17, 15) is 17.6 Å². The summed E-state index contributed by atoms with van der Waals surface area (Å²) in [6.45, 7) is 6.22. The highest BCUT2D eigenvalue weighted by molar-refractivity contribution is 7.92. The molecule has 4 rings (SSSR count). The molecule has 3 aromatic rings. The number of nitrogens with zero attached hydrogens (tertiary/aromatic N) is 2. The zero-order valence-corrected chi connectivity index (χ0v) is 19.4. The van der Waals surface area contributed by atoms with Crippen LogP contribution in [0.15, 0.2) is 71.6 Å². The lowest BCUT2D eigenvalue weighted by molar-refractivity contribution is 0.0747. The van der Waals surface area contributed by atoms with E-state index in [2.05, 4.69) is 9.62 Å². The van der Waals surface area contributed by atoms with Gasteiger partial charge in [-0.15, -0.1) is 0 Å². The van der Waals surface area contributed by atoms with Gasteiger partial charge >= 0.3 is 0 Å². The summed E-state index contributed by atoms with van der Waals surface area (Å²) in [4.78, 5) is 17.0. The van der Waals surface area contributed by atoms with Gasteiger partial charge in [-0.1, -0.05) is 6.07 Å². The van der Waals surface area contributed by atoms with Crippen LogP contribution in [0.4, 0.5) is 15.8 Å². The van der Waals surface area contributed by atoms with Crippen LogP contribution < -0.4 is 9.62 Å². The van der Waals surface area contributed by atoms with E-state index >= 15 is 0 Å². The fourth-order valence-electron chi connectivity index (χ4n) is 3.78. The molecule has 0 saturated carbocycles. The third-order valence-corrected chi connectivity index (χ3v) is 7.31. The van der Waals surface area contributed by atoms with E-state index in [0.29, 0.717) is 37.4 Å². The zero-order chi connectivity index (χ0) is 23.6. The number of halogens is 1. The van der Waals surface area contributed by atoms with Crippen LogP contribution >= 0.6 is 0 Å². The van der Waals surface area contributed by atoms with Crippen LogP contribution in [0.2, 0.25) is 0 Å². The molecule has 33 heavy (non-hydrogen) atoms. The van der Waals surface area contributed by atoms with Gasteiger partial charge < -0.3 is 9.80 Å². The molecule has 172 valence electrons. The number of hydrogen-bond acceptors (Lipinski definition) is 4. The topological polar surface area (TPSA) is 69.7 Å². The van der Waals surface area contributed by atoms with E-state index in [1.165, 1.54) is 12.1 Å². The van der Waals surface area contributed by atoms with E-state index in [1.807, 2.05) is 13.8 Å². The van der Waals surface area contributed by atoms with Gasteiger partial charge in [0.05, 0.1) is 4.90 Å². The number of aryl methyl sites for hydroxylation is 2. The van der Waals surface area contributed by atoms with E-state index in [4.69, 9.17) is 0 Å². The van der Waals surface area contributed by atoms with Gasteiger partial charge in [-0.25, -0.2) is 12.8 Å². The lowest BCUT2D eigenvalue weighted by Crippen LogP contribution is -2.48. The minimum Gasteiger partial charge on any atom is -0.368 e. The summed E-state index contributed by atoms with van der Waals surface area (Å²) < 4.78 is 41.1. The second-order valence-corrected chi connectivity index (χ2v) is 9.87. The van der Waals surface area contributed by atoms with Gasteiger partial charge in [0.2, 0.25) is 0 Å². The summed E-state index contributed by atoms with van der Waals surface area (Å²) >= 11 is 0. The van der Waals surface area contributed by atoms with Crippen LogP contribution in [0, 0.1) is 19.7 Å². The molecule has 8 heteroatoms. The molecular formula is C25H26FN3O3S. The lowest BCUT2D eigenvalue weighted by atomic mass is 10.1. The molecule has 1 heterocycles. The van der Waals surface area contributed by atoms with E-state index in [1.54, 1.807) is 59.5 Å². The van der Waals surface area contributed by atoms with Crippen molar-refractivity contribution in [3.63, 3.8) is 0 Å². The fraction of sp³-hybridized carbons (Fsp3) is 0.240. The molecule has 0 spiro atoms. The normalized spacial score (nSPS) is 14.3. The Labute approximate surface area is 193 Å². The van der Waals surface area contributed by atoms with Crippen molar-refractivity contribution in [2.24, 2.45) is 0 Å². The fourth-order valence-corrected chi connectivity index (χ4v) is 4.92. The lowest BCUT2D eigenvalue weighted by Gasteiger charge is -2.36. The molecule has 3 aromatic carbocycles. The molecular weight excluding hydrogens is 441 g/mol. The first-order valence-electron chi connectivity index (χ1n) is 10.7. The first kappa shape index (κ1) is 22.8. The Morgan fingerprint density at radius 1 is 0.848 bits per heavy atom. The van der Waals surface area contributed by atoms with Crippen molar-refractivity contribution in [3.05, 3.63) is 89.2 Å². The van der Waals surface area contributed by atoms with E-state index in [0.717, 1.165) is 16.8 Å². The highest BCUT2D eigenvalue weighted by Crippen LogP contribution is 2.21. The van der Waals surface area contributed by atoms with Crippen LogP contribution in [0.1, 0.15) is 21.5 Å². The average Bonchev–Trinajstić information content (AvgIpc) is 2.81. The van der Waals surface area contributed by atoms with Crippen molar-refractivity contribution in [3.8, 4) is 0 Å². The Morgan fingerprint density at radius 3 is 2.09 bits per heavy atom. The molecule has 1 amide bonds. The van der Waals surface area contributed by atoms with E-state index in [-0.39, 0.29) is 16.6 Å². The Kier molecular flexibility index (Phi) is 6.37. The number of amides is 1. The minimum atomic E-state index is -3.72. The summed E-state index contributed by atoms with van der Waals surface area (Å²) in [6.07, 6.45) is 0. The van der Waals surface area contributed by atoms with Crippen molar-refractivity contribution in [1.29, 1.82) is 0 Å². The first-order chi connectivity index (χ1) is 15.7. The summed E-state index contributed by atoms with van der Waals surface area (Å²) in [5.41, 5.74) is 3.75. The predicted molar refractivity (Wildman–Crippen MR) is 128 cm³/mol. The Bertz CT molecular complexity index is 1250. The van der Waals surface area contributed by atoms with Crippen LogP contribution in [-0.4, -0.2) is 45.4 Å². The van der Waals surface area contributed by atoms with Gasteiger partial charge in [-0.05, 0) is 85.6 Å². The first-order valence-corrected chi connectivity index (χ1v) is 12.2. The second-order valence-electron chi connectivity index (χ2n) is 8.18. The monoisotopic (exact) mass is 467 g/mol. The summed E-state index contributed by atoms with van der Waals surface area (Å²) in [5, 5.41) is 0. The van der Waals surface area contributed by atoms with Crippen molar-refractivity contribution in [2.45, 2.75) is 18.7 Å². The number of carbonyl (C=O) groups excluding carboxylic acids is 1. The maximum absolute atomic E-state index is 13.1. The smallest absolute Gasteiger partial charge is 0.261 e. The number of anilines is 2. The summed E-state index contributed by atoms with van der Waals surface area (Å²) in [5.74, 6) is -0.371. The zero-order valence-electron chi connectivity index (χ0n) is 18.6. The largest absolute Gasteiger partial charge is 0.368 e. The Hall–Kier alpha value is -3.39. The van der Waals surface area contributed by atoms with Crippen molar-refractivity contribution < 1.29 is 17.6 Å². The van der Waals surface area contributed by atoms with Gasteiger partial charge in [0.15, 0.2) is 0 Å². The molecule has 0 aromatic heterocycles. The molecule has 1 N–H and O–H groups in total. The van der Waals surface area contributed by atoms with Gasteiger partial charge in [0, 0.05) is 43.1 Å². The third kappa shape index (κ3) is 5.17. The molecule has 1 saturated heterocycles. The standard InChI is InChI=1S/C25H26FN3O3S/c1-18-3-12-24(17-19(18)2)33(31,32)27-22-8-4-20(5-9-22)25(30)29-15-13-28(14-16-29)23-10-6-21(26)7-11-23/h3-12,17,27H,13-16H2,1-2H3. The van der Waals surface area contributed by atoms with Crippen molar-refractivity contribution in [1.82, 2.24) is 4.90 Å². The number of sulfonamides is 1. The SMILES string of the molecule is Cc1ccc(S(=O)(=O)Nc2ccc(C(=O)N3CCN(c4ccc(F)cc4)CC3)cc2)cc1C. The van der Waals surface area contributed by atoms with Crippen LogP contribution in [0.5, 0.6) is 0 Å². The third-order valence-electron chi connectivity index (χ3n) is 5.93. The van der Waals surface area contributed by atoms with E-state index < -0.39 is 10.0 Å². The molecule has 0 unspecified atom stereocenters. The average molecular weight is 468 g/mol. The van der Waals surface area contributed by atoms with Crippen LogP contribution in [0.25, 0.3) is 0 Å². The van der Waals surface area contributed by atoms with Gasteiger partial charge in [0.25, 0.3) is 15.9 Å². The van der Waals surface area contributed by atoms with Crippen LogP contribution in [0.3, 0.4) is 0 Å². The molecule has 0 radical (unpaired) electrons. The number of benzene rings is 3. The van der Waals surface area contributed by atoms with Crippen molar-refractivity contribution in [2.75, 3.05) is 35.8 Å². The van der Waals surface area contributed by atoms with Gasteiger partial charge in [-0.3, -0.25) is 9.52 Å². The van der Waals surface area contributed by atoms with Crippen LogP contribution in [-0.2, 0) is 10.0 Å².